The SMILES string of the molecule is CC(C)n1ncc(NC2CCC(=O)NC2=O)n1. The molecular formula is C10H15N5O2. The van der Waals surface area contributed by atoms with E-state index in [1.54, 1.807) is 11.0 Å². The van der Waals surface area contributed by atoms with E-state index >= 15 is 0 Å². The monoisotopic (exact) mass is 237 g/mol. The van der Waals surface area contributed by atoms with E-state index < -0.39 is 6.04 Å². The lowest BCUT2D eigenvalue weighted by Crippen LogP contribution is -2.47. The molecule has 2 amide bonds. The lowest BCUT2D eigenvalue weighted by Gasteiger charge is -2.21. The highest BCUT2D eigenvalue weighted by Crippen LogP contribution is 2.11. The van der Waals surface area contributed by atoms with Crippen molar-refractivity contribution in [3.05, 3.63) is 6.20 Å². The minimum Gasteiger partial charge on any atom is -0.356 e. The van der Waals surface area contributed by atoms with E-state index in [9.17, 15) is 9.59 Å². The van der Waals surface area contributed by atoms with Gasteiger partial charge in [-0.3, -0.25) is 14.9 Å². The molecule has 1 aliphatic heterocycles. The number of hydrogen-bond acceptors (Lipinski definition) is 5. The smallest absolute Gasteiger partial charge is 0.249 e. The predicted octanol–water partition coefficient (Wildman–Crippen LogP) is 0.0761. The second-order valence-corrected chi connectivity index (χ2v) is 4.29. The Hall–Kier alpha value is -1.92. The van der Waals surface area contributed by atoms with Crippen LogP contribution in [0.3, 0.4) is 0 Å². The summed E-state index contributed by atoms with van der Waals surface area (Å²) in [5, 5.41) is 13.5. The summed E-state index contributed by atoms with van der Waals surface area (Å²) in [5.41, 5.74) is 0. The largest absolute Gasteiger partial charge is 0.356 e. The van der Waals surface area contributed by atoms with Crippen LogP contribution in [0.5, 0.6) is 0 Å². The Kier molecular flexibility index (Phi) is 3.08. The van der Waals surface area contributed by atoms with Crippen molar-refractivity contribution in [2.24, 2.45) is 0 Å². The first kappa shape index (κ1) is 11.6. The van der Waals surface area contributed by atoms with Gasteiger partial charge in [-0.1, -0.05) is 0 Å². The minimum absolute atomic E-state index is 0.173. The van der Waals surface area contributed by atoms with Crippen LogP contribution in [0.15, 0.2) is 6.20 Å². The maximum absolute atomic E-state index is 11.5. The summed E-state index contributed by atoms with van der Waals surface area (Å²) in [6.45, 7) is 3.94. The average molecular weight is 237 g/mol. The van der Waals surface area contributed by atoms with Gasteiger partial charge in [0.05, 0.1) is 12.2 Å². The summed E-state index contributed by atoms with van der Waals surface area (Å²) in [5.74, 6) is 0.0208. The molecule has 1 aromatic rings. The summed E-state index contributed by atoms with van der Waals surface area (Å²) >= 11 is 0. The molecule has 92 valence electrons. The van der Waals surface area contributed by atoms with E-state index in [1.165, 1.54) is 0 Å². The van der Waals surface area contributed by atoms with Gasteiger partial charge in [-0.15, -0.1) is 5.10 Å². The average Bonchev–Trinajstić information content (AvgIpc) is 2.71. The lowest BCUT2D eigenvalue weighted by molar-refractivity contribution is -0.133. The standard InChI is InChI=1S/C10H15N5O2/c1-6(2)15-11-5-8(14-15)12-7-3-4-9(16)13-10(7)17/h5-7H,3-4H2,1-2H3,(H,12,14)(H,13,16,17). The van der Waals surface area contributed by atoms with Crippen molar-refractivity contribution in [2.75, 3.05) is 5.32 Å². The number of amides is 2. The zero-order chi connectivity index (χ0) is 12.4. The first-order valence-electron chi connectivity index (χ1n) is 5.58. The molecule has 17 heavy (non-hydrogen) atoms. The number of aromatic nitrogens is 3. The number of anilines is 1. The van der Waals surface area contributed by atoms with Gasteiger partial charge >= 0.3 is 0 Å². The highest BCUT2D eigenvalue weighted by molar-refractivity contribution is 6.01. The molecule has 0 spiro atoms. The van der Waals surface area contributed by atoms with Crippen LogP contribution in [-0.2, 0) is 9.59 Å². The topological polar surface area (TPSA) is 88.9 Å². The molecule has 1 atom stereocenters. The first-order valence-corrected chi connectivity index (χ1v) is 5.58. The Morgan fingerprint density at radius 3 is 2.88 bits per heavy atom. The highest BCUT2D eigenvalue weighted by atomic mass is 16.2. The van der Waals surface area contributed by atoms with Gasteiger partial charge < -0.3 is 5.32 Å². The molecule has 0 radical (unpaired) electrons. The van der Waals surface area contributed by atoms with E-state index in [-0.39, 0.29) is 17.9 Å². The highest BCUT2D eigenvalue weighted by Gasteiger charge is 2.26. The Morgan fingerprint density at radius 2 is 2.29 bits per heavy atom. The quantitative estimate of drug-likeness (QED) is 0.726. The van der Waals surface area contributed by atoms with Crippen molar-refractivity contribution in [1.29, 1.82) is 0 Å². The van der Waals surface area contributed by atoms with E-state index in [0.717, 1.165) is 0 Å². The summed E-state index contributed by atoms with van der Waals surface area (Å²) in [6, 6.07) is -0.239. The van der Waals surface area contributed by atoms with Crippen LogP contribution < -0.4 is 10.6 Å². The molecule has 2 rings (SSSR count). The van der Waals surface area contributed by atoms with Crippen molar-refractivity contribution >= 4 is 17.6 Å². The molecule has 2 heterocycles. The van der Waals surface area contributed by atoms with Crippen molar-refractivity contribution in [3.8, 4) is 0 Å². The molecule has 1 aliphatic rings. The van der Waals surface area contributed by atoms with Crippen molar-refractivity contribution < 1.29 is 9.59 Å². The number of piperidine rings is 1. The number of nitrogens with zero attached hydrogens (tertiary/aromatic N) is 3. The summed E-state index contributed by atoms with van der Waals surface area (Å²) in [6.07, 6.45) is 2.41. The van der Waals surface area contributed by atoms with Crippen LogP contribution in [0.25, 0.3) is 0 Å². The van der Waals surface area contributed by atoms with Gasteiger partial charge in [0, 0.05) is 6.42 Å². The molecule has 0 bridgehead atoms. The fourth-order valence-corrected chi connectivity index (χ4v) is 1.60. The number of imide groups is 1. The number of nitrogens with one attached hydrogen (secondary N) is 2. The van der Waals surface area contributed by atoms with Crippen molar-refractivity contribution in [3.63, 3.8) is 0 Å². The van der Waals surface area contributed by atoms with Gasteiger partial charge in [0.1, 0.15) is 6.04 Å². The maximum Gasteiger partial charge on any atom is 0.249 e. The molecule has 1 fully saturated rings. The number of carbonyl (C=O) groups is 2. The van der Waals surface area contributed by atoms with Gasteiger partial charge in [0.25, 0.3) is 0 Å². The van der Waals surface area contributed by atoms with Crippen LogP contribution in [-0.4, -0.2) is 32.9 Å². The molecule has 1 saturated heterocycles. The molecular weight excluding hydrogens is 222 g/mol. The van der Waals surface area contributed by atoms with Crippen LogP contribution in [0.4, 0.5) is 5.82 Å². The third-order valence-electron chi connectivity index (χ3n) is 2.53. The number of hydrogen-bond donors (Lipinski definition) is 2. The molecule has 1 aromatic heterocycles. The molecule has 0 aromatic carbocycles. The molecule has 1 unspecified atom stereocenters. The van der Waals surface area contributed by atoms with E-state index in [2.05, 4.69) is 20.8 Å². The minimum atomic E-state index is -0.412. The van der Waals surface area contributed by atoms with Crippen LogP contribution in [0, 0.1) is 0 Å². The second-order valence-electron chi connectivity index (χ2n) is 4.29. The normalized spacial score (nSPS) is 20.5. The zero-order valence-corrected chi connectivity index (χ0v) is 9.80. The molecule has 0 saturated carbocycles. The van der Waals surface area contributed by atoms with E-state index in [0.29, 0.717) is 18.7 Å². The Balaban J connectivity index is 2.00. The van der Waals surface area contributed by atoms with Gasteiger partial charge in [-0.05, 0) is 20.3 Å². The third kappa shape index (κ3) is 2.61. The maximum atomic E-state index is 11.5. The van der Waals surface area contributed by atoms with Crippen LogP contribution in [0.2, 0.25) is 0 Å². The van der Waals surface area contributed by atoms with Gasteiger partial charge in [0.2, 0.25) is 11.8 Å². The molecule has 7 heteroatoms. The van der Waals surface area contributed by atoms with E-state index in [4.69, 9.17) is 0 Å². The Morgan fingerprint density at radius 1 is 1.53 bits per heavy atom. The van der Waals surface area contributed by atoms with Crippen LogP contribution in [0.1, 0.15) is 32.7 Å². The summed E-state index contributed by atoms with van der Waals surface area (Å²) in [7, 11) is 0. The molecule has 2 N–H and O–H groups in total. The van der Waals surface area contributed by atoms with Crippen molar-refractivity contribution in [1.82, 2.24) is 20.3 Å². The summed E-state index contributed by atoms with van der Waals surface area (Å²) < 4.78 is 0. The van der Waals surface area contributed by atoms with Crippen LogP contribution >= 0.6 is 0 Å². The molecule has 0 aliphatic carbocycles. The van der Waals surface area contributed by atoms with Gasteiger partial charge in [0.15, 0.2) is 5.82 Å². The third-order valence-corrected chi connectivity index (χ3v) is 2.53. The lowest BCUT2D eigenvalue weighted by atomic mass is 10.1. The Labute approximate surface area is 98.6 Å². The summed E-state index contributed by atoms with van der Waals surface area (Å²) in [4.78, 5) is 24.0. The number of rotatable bonds is 3. The predicted molar refractivity (Wildman–Crippen MR) is 60.2 cm³/mol. The first-order chi connectivity index (χ1) is 8.06. The van der Waals surface area contributed by atoms with E-state index in [1.807, 2.05) is 13.8 Å². The second kappa shape index (κ2) is 4.52. The van der Waals surface area contributed by atoms with Gasteiger partial charge in [-0.25, -0.2) is 0 Å². The zero-order valence-electron chi connectivity index (χ0n) is 9.80. The van der Waals surface area contributed by atoms with Gasteiger partial charge in [-0.2, -0.15) is 9.90 Å². The number of carbonyl (C=O) groups excluding carboxylic acids is 2. The fourth-order valence-electron chi connectivity index (χ4n) is 1.60. The Bertz CT molecular complexity index is 440. The fraction of sp³-hybridized carbons (Fsp3) is 0.600. The molecule has 7 nitrogen and oxygen atoms in total. The van der Waals surface area contributed by atoms with Crippen molar-refractivity contribution in [2.45, 2.75) is 38.8 Å².